The Labute approximate surface area is 171 Å². The molecule has 0 spiro atoms. The largest absolute Gasteiger partial charge is 0.379 e. The van der Waals surface area contributed by atoms with E-state index in [9.17, 15) is 17.6 Å². The standard InChI is InChI=1S/C21H16FN3O4S/c22-14-5-4-8-17(11-14)30(27,28)29-16-9-10-19-18(12-16)20(25-24-19)13-21(26)23-15-6-2-1-3-7-15/h1-12H,13H2,(H,23,26)(H,24,25). The Balaban J connectivity index is 1.56. The molecule has 0 saturated carbocycles. The van der Waals surface area contributed by atoms with Gasteiger partial charge in [-0.3, -0.25) is 9.89 Å². The van der Waals surface area contributed by atoms with E-state index >= 15 is 0 Å². The molecule has 1 aromatic heterocycles. The van der Waals surface area contributed by atoms with Gasteiger partial charge < -0.3 is 9.50 Å². The first-order valence-corrected chi connectivity index (χ1v) is 10.3. The van der Waals surface area contributed by atoms with Crippen LogP contribution in [0.3, 0.4) is 0 Å². The molecule has 0 atom stereocenters. The molecule has 0 aliphatic rings. The van der Waals surface area contributed by atoms with Crippen LogP contribution in [0.25, 0.3) is 10.9 Å². The number of aromatic amines is 1. The number of hydrogen-bond acceptors (Lipinski definition) is 5. The number of benzene rings is 3. The van der Waals surface area contributed by atoms with Crippen LogP contribution in [0.5, 0.6) is 5.75 Å². The summed E-state index contributed by atoms with van der Waals surface area (Å²) in [6.45, 7) is 0. The third-order valence-electron chi connectivity index (χ3n) is 4.29. The minimum Gasteiger partial charge on any atom is -0.379 e. The fourth-order valence-electron chi connectivity index (χ4n) is 2.91. The second kappa shape index (κ2) is 7.96. The third kappa shape index (κ3) is 4.31. The fourth-order valence-corrected chi connectivity index (χ4v) is 3.87. The Morgan fingerprint density at radius 3 is 2.60 bits per heavy atom. The second-order valence-corrected chi connectivity index (χ2v) is 8.01. The van der Waals surface area contributed by atoms with E-state index in [2.05, 4.69) is 15.5 Å². The number of rotatable bonds is 6. The molecule has 1 amide bonds. The summed E-state index contributed by atoms with van der Waals surface area (Å²) in [4.78, 5) is 12.0. The van der Waals surface area contributed by atoms with Crippen molar-refractivity contribution in [2.24, 2.45) is 0 Å². The zero-order valence-corrected chi connectivity index (χ0v) is 16.3. The molecular weight excluding hydrogens is 409 g/mol. The van der Waals surface area contributed by atoms with Crippen molar-refractivity contribution in [3.63, 3.8) is 0 Å². The van der Waals surface area contributed by atoms with Crippen LogP contribution >= 0.6 is 0 Å². The molecule has 0 fully saturated rings. The van der Waals surface area contributed by atoms with Crippen molar-refractivity contribution >= 4 is 32.6 Å². The number of halogens is 1. The maximum Gasteiger partial charge on any atom is 0.339 e. The molecule has 152 valence electrons. The molecule has 2 N–H and O–H groups in total. The first-order valence-electron chi connectivity index (χ1n) is 8.93. The van der Waals surface area contributed by atoms with Gasteiger partial charge in [0.05, 0.1) is 17.6 Å². The highest BCUT2D eigenvalue weighted by atomic mass is 32.2. The highest BCUT2D eigenvalue weighted by Crippen LogP contribution is 2.25. The van der Waals surface area contributed by atoms with Crippen molar-refractivity contribution in [2.75, 3.05) is 5.32 Å². The van der Waals surface area contributed by atoms with E-state index in [0.29, 0.717) is 22.3 Å². The van der Waals surface area contributed by atoms with Gasteiger partial charge in [-0.2, -0.15) is 13.5 Å². The van der Waals surface area contributed by atoms with Crippen LogP contribution in [0.4, 0.5) is 10.1 Å². The van der Waals surface area contributed by atoms with Gasteiger partial charge in [0.15, 0.2) is 0 Å². The Hall–Kier alpha value is -3.72. The average molecular weight is 425 g/mol. The molecule has 0 saturated heterocycles. The molecule has 0 unspecified atom stereocenters. The maximum absolute atomic E-state index is 13.4. The molecule has 7 nitrogen and oxygen atoms in total. The van der Waals surface area contributed by atoms with Crippen LogP contribution < -0.4 is 9.50 Å². The molecule has 30 heavy (non-hydrogen) atoms. The van der Waals surface area contributed by atoms with Crippen LogP contribution in [0.1, 0.15) is 5.69 Å². The smallest absolute Gasteiger partial charge is 0.339 e. The molecular formula is C21H16FN3O4S. The van der Waals surface area contributed by atoms with Crippen LogP contribution in [0, 0.1) is 5.82 Å². The lowest BCUT2D eigenvalue weighted by molar-refractivity contribution is -0.115. The normalized spacial score (nSPS) is 11.4. The summed E-state index contributed by atoms with van der Waals surface area (Å²) in [7, 11) is -4.21. The van der Waals surface area contributed by atoms with E-state index in [1.165, 1.54) is 24.3 Å². The predicted octanol–water partition coefficient (Wildman–Crippen LogP) is 3.65. The van der Waals surface area contributed by atoms with E-state index in [1.54, 1.807) is 18.2 Å². The summed E-state index contributed by atoms with van der Waals surface area (Å²) in [6.07, 6.45) is 0.00545. The minimum atomic E-state index is -4.21. The van der Waals surface area contributed by atoms with Crippen molar-refractivity contribution in [1.82, 2.24) is 10.2 Å². The number of aromatic nitrogens is 2. The van der Waals surface area contributed by atoms with Gasteiger partial charge in [0.2, 0.25) is 5.91 Å². The molecule has 3 aromatic carbocycles. The van der Waals surface area contributed by atoms with Crippen molar-refractivity contribution in [3.05, 3.63) is 84.3 Å². The Bertz CT molecular complexity index is 1320. The molecule has 0 bridgehead atoms. The lowest BCUT2D eigenvalue weighted by atomic mass is 10.1. The zero-order valence-electron chi connectivity index (χ0n) is 15.5. The maximum atomic E-state index is 13.4. The van der Waals surface area contributed by atoms with Gasteiger partial charge in [-0.05, 0) is 48.5 Å². The van der Waals surface area contributed by atoms with Crippen LogP contribution in [0.15, 0.2) is 77.7 Å². The second-order valence-electron chi connectivity index (χ2n) is 6.47. The topological polar surface area (TPSA) is 101 Å². The molecule has 0 aliphatic heterocycles. The van der Waals surface area contributed by atoms with Crippen molar-refractivity contribution < 1.29 is 21.8 Å². The summed E-state index contributed by atoms with van der Waals surface area (Å²) in [5.74, 6) is -0.917. The lowest BCUT2D eigenvalue weighted by Crippen LogP contribution is -2.14. The number of H-pyrrole nitrogens is 1. The lowest BCUT2D eigenvalue weighted by Gasteiger charge is -2.08. The summed E-state index contributed by atoms with van der Waals surface area (Å²) in [5, 5.41) is 10.2. The van der Waals surface area contributed by atoms with Gasteiger partial charge in [0.25, 0.3) is 0 Å². The highest BCUT2D eigenvalue weighted by Gasteiger charge is 2.19. The quantitative estimate of drug-likeness (QED) is 0.459. The van der Waals surface area contributed by atoms with Crippen molar-refractivity contribution in [3.8, 4) is 5.75 Å². The van der Waals surface area contributed by atoms with Crippen LogP contribution in [-0.2, 0) is 21.3 Å². The van der Waals surface area contributed by atoms with E-state index < -0.39 is 15.9 Å². The predicted molar refractivity (Wildman–Crippen MR) is 109 cm³/mol. The van der Waals surface area contributed by atoms with E-state index in [1.807, 2.05) is 18.2 Å². The van der Waals surface area contributed by atoms with Gasteiger partial charge in [0, 0.05) is 11.1 Å². The molecule has 4 aromatic rings. The number of carbonyl (C=O) groups excluding carboxylic acids is 1. The van der Waals surface area contributed by atoms with Crippen LogP contribution in [0.2, 0.25) is 0 Å². The molecule has 0 aliphatic carbocycles. The number of carbonyl (C=O) groups is 1. The van der Waals surface area contributed by atoms with E-state index in [4.69, 9.17) is 4.18 Å². The summed E-state index contributed by atoms with van der Waals surface area (Å²) < 4.78 is 43.3. The number of fused-ring (bicyclic) bond motifs is 1. The number of nitrogens with zero attached hydrogens (tertiary/aromatic N) is 1. The van der Waals surface area contributed by atoms with Gasteiger partial charge in [-0.25, -0.2) is 4.39 Å². The van der Waals surface area contributed by atoms with Gasteiger partial charge in [-0.1, -0.05) is 24.3 Å². The van der Waals surface area contributed by atoms with Gasteiger partial charge in [0.1, 0.15) is 16.5 Å². The number of amides is 1. The monoisotopic (exact) mass is 425 g/mol. The van der Waals surface area contributed by atoms with Crippen molar-refractivity contribution in [1.29, 1.82) is 0 Å². The molecule has 4 rings (SSSR count). The Morgan fingerprint density at radius 1 is 1.03 bits per heavy atom. The number of nitrogens with one attached hydrogen (secondary N) is 2. The van der Waals surface area contributed by atoms with Crippen LogP contribution in [-0.4, -0.2) is 24.5 Å². The van der Waals surface area contributed by atoms with Gasteiger partial charge in [-0.15, -0.1) is 0 Å². The molecule has 1 heterocycles. The number of para-hydroxylation sites is 1. The van der Waals surface area contributed by atoms with Gasteiger partial charge >= 0.3 is 10.1 Å². The summed E-state index contributed by atoms with van der Waals surface area (Å²) >= 11 is 0. The SMILES string of the molecule is O=C(Cc1[nH]nc2ccc(OS(=O)(=O)c3cccc(F)c3)cc12)Nc1ccccc1. The third-order valence-corrected chi connectivity index (χ3v) is 5.53. The Morgan fingerprint density at radius 2 is 1.83 bits per heavy atom. The number of hydrogen-bond donors (Lipinski definition) is 2. The molecule has 0 radical (unpaired) electrons. The first kappa shape index (κ1) is 19.6. The minimum absolute atomic E-state index is 0.00545. The summed E-state index contributed by atoms with van der Waals surface area (Å²) in [6, 6.07) is 18.0. The average Bonchev–Trinajstić information content (AvgIpc) is 3.10. The van der Waals surface area contributed by atoms with Crippen molar-refractivity contribution in [2.45, 2.75) is 11.3 Å². The van der Waals surface area contributed by atoms with E-state index in [-0.39, 0.29) is 23.0 Å². The highest BCUT2D eigenvalue weighted by molar-refractivity contribution is 7.87. The zero-order chi connectivity index (χ0) is 21.1. The fraction of sp³-hybridized carbons (Fsp3) is 0.0476. The molecule has 9 heteroatoms. The first-order chi connectivity index (χ1) is 14.4. The Kier molecular flexibility index (Phi) is 5.20. The summed E-state index contributed by atoms with van der Waals surface area (Å²) in [5.41, 5.74) is 1.72. The number of anilines is 1. The van der Waals surface area contributed by atoms with E-state index in [0.717, 1.165) is 12.1 Å².